The average Bonchev–Trinajstić information content (AvgIpc) is 3.03. The first kappa shape index (κ1) is 17.4. The number of carbonyl (C=O) groups excluding carboxylic acids is 1. The molecule has 1 aliphatic rings. The van der Waals surface area contributed by atoms with Crippen molar-refractivity contribution >= 4 is 22.6 Å². The third-order valence-corrected chi connectivity index (χ3v) is 5.45. The number of nitrogens with zero attached hydrogens (tertiary/aromatic N) is 1. The van der Waals surface area contributed by atoms with Gasteiger partial charge in [0, 0.05) is 5.69 Å². The van der Waals surface area contributed by atoms with Crippen LogP contribution >= 0.6 is 0 Å². The molecular weight excluding hydrogens is 362 g/mol. The Hall–Kier alpha value is -3.66. The molecular formula is C25H19NO3. The Labute approximate surface area is 168 Å². The molecule has 1 atom stereocenters. The molecule has 0 saturated carbocycles. The lowest BCUT2D eigenvalue weighted by atomic mass is 9.98. The first-order valence-electron chi connectivity index (χ1n) is 9.57. The summed E-state index contributed by atoms with van der Waals surface area (Å²) in [6.07, 6.45) is 0. The van der Waals surface area contributed by atoms with Gasteiger partial charge in [-0.3, -0.25) is 14.5 Å². The molecule has 4 nitrogen and oxygen atoms in total. The van der Waals surface area contributed by atoms with Crippen LogP contribution in [0.15, 0.2) is 82.0 Å². The molecule has 1 aromatic heterocycles. The summed E-state index contributed by atoms with van der Waals surface area (Å²) in [6.45, 7) is 3.93. The predicted molar refractivity (Wildman–Crippen MR) is 113 cm³/mol. The summed E-state index contributed by atoms with van der Waals surface area (Å²) in [4.78, 5) is 28.6. The standard InChI is InChI=1S/C25H19NO3/c1-15-8-11-18(12-9-15)26-22(17-6-4-3-5-7-17)21-23(27)19-14-16(2)10-13-20(19)29-24(21)25(26)28/h3-14,22H,1-2H3. The maximum atomic E-state index is 13.5. The van der Waals surface area contributed by atoms with E-state index in [0.717, 1.165) is 22.4 Å². The van der Waals surface area contributed by atoms with Crippen LogP contribution < -0.4 is 10.3 Å². The molecule has 1 unspecified atom stereocenters. The molecule has 0 spiro atoms. The van der Waals surface area contributed by atoms with Crippen molar-refractivity contribution in [1.82, 2.24) is 0 Å². The molecule has 2 heterocycles. The van der Waals surface area contributed by atoms with Crippen molar-refractivity contribution in [1.29, 1.82) is 0 Å². The second-order valence-corrected chi connectivity index (χ2v) is 7.50. The number of hydrogen-bond donors (Lipinski definition) is 0. The minimum absolute atomic E-state index is 0.126. The van der Waals surface area contributed by atoms with Gasteiger partial charge in [-0.1, -0.05) is 59.7 Å². The van der Waals surface area contributed by atoms with Crippen molar-refractivity contribution in [3.63, 3.8) is 0 Å². The SMILES string of the molecule is Cc1ccc(N2C(=O)c3oc4ccc(C)cc4c(=O)c3C2c2ccccc2)cc1. The highest BCUT2D eigenvalue weighted by atomic mass is 16.3. The van der Waals surface area contributed by atoms with Crippen LogP contribution in [0.4, 0.5) is 5.69 Å². The summed E-state index contributed by atoms with van der Waals surface area (Å²) in [5, 5.41) is 0.503. The zero-order valence-corrected chi connectivity index (χ0v) is 16.2. The fourth-order valence-corrected chi connectivity index (χ4v) is 4.01. The highest BCUT2D eigenvalue weighted by Gasteiger charge is 2.43. The van der Waals surface area contributed by atoms with E-state index in [9.17, 15) is 9.59 Å². The van der Waals surface area contributed by atoms with Gasteiger partial charge in [-0.25, -0.2) is 0 Å². The highest BCUT2D eigenvalue weighted by Crippen LogP contribution is 2.41. The van der Waals surface area contributed by atoms with Gasteiger partial charge in [-0.05, 0) is 43.7 Å². The van der Waals surface area contributed by atoms with Gasteiger partial charge in [-0.2, -0.15) is 0 Å². The van der Waals surface area contributed by atoms with Crippen molar-refractivity contribution in [2.75, 3.05) is 4.90 Å². The minimum atomic E-state index is -0.525. The zero-order valence-electron chi connectivity index (χ0n) is 16.2. The Kier molecular flexibility index (Phi) is 3.88. The molecule has 0 aliphatic carbocycles. The summed E-state index contributed by atoms with van der Waals surface area (Å²) >= 11 is 0. The van der Waals surface area contributed by atoms with Crippen LogP contribution in [0.3, 0.4) is 0 Å². The second kappa shape index (κ2) is 6.45. The number of carbonyl (C=O) groups is 1. The van der Waals surface area contributed by atoms with Gasteiger partial charge in [0.05, 0.1) is 17.0 Å². The lowest BCUT2D eigenvalue weighted by Crippen LogP contribution is -2.29. The number of benzene rings is 3. The number of fused-ring (bicyclic) bond motifs is 2. The minimum Gasteiger partial charge on any atom is -0.450 e. The van der Waals surface area contributed by atoms with Gasteiger partial charge >= 0.3 is 0 Å². The molecule has 5 rings (SSSR count). The van der Waals surface area contributed by atoms with Crippen LogP contribution in [0.1, 0.15) is 38.9 Å². The van der Waals surface area contributed by atoms with Gasteiger partial charge in [-0.15, -0.1) is 0 Å². The molecule has 29 heavy (non-hydrogen) atoms. The molecule has 1 aliphatic heterocycles. The predicted octanol–water partition coefficient (Wildman–Crippen LogP) is 5.16. The molecule has 4 aromatic rings. The number of rotatable bonds is 2. The van der Waals surface area contributed by atoms with E-state index in [0.29, 0.717) is 16.5 Å². The topological polar surface area (TPSA) is 50.5 Å². The van der Waals surface area contributed by atoms with Gasteiger partial charge in [0.25, 0.3) is 5.91 Å². The summed E-state index contributed by atoms with van der Waals surface area (Å²) < 4.78 is 5.99. The largest absolute Gasteiger partial charge is 0.450 e. The highest BCUT2D eigenvalue weighted by molar-refractivity contribution is 6.10. The molecule has 4 heteroatoms. The van der Waals surface area contributed by atoms with E-state index in [4.69, 9.17) is 4.42 Å². The van der Waals surface area contributed by atoms with Crippen molar-refractivity contribution < 1.29 is 9.21 Å². The normalized spacial score (nSPS) is 15.7. The van der Waals surface area contributed by atoms with E-state index < -0.39 is 6.04 Å². The molecule has 0 N–H and O–H groups in total. The van der Waals surface area contributed by atoms with Crippen molar-refractivity contribution in [3.05, 3.63) is 111 Å². The molecule has 1 amide bonds. The van der Waals surface area contributed by atoms with Crippen LogP contribution in [-0.4, -0.2) is 5.91 Å². The van der Waals surface area contributed by atoms with Crippen molar-refractivity contribution in [3.8, 4) is 0 Å². The van der Waals surface area contributed by atoms with Crippen LogP contribution in [0.5, 0.6) is 0 Å². The summed E-state index contributed by atoms with van der Waals surface area (Å²) in [7, 11) is 0. The lowest BCUT2D eigenvalue weighted by molar-refractivity contribution is 0.0971. The summed E-state index contributed by atoms with van der Waals surface area (Å²) in [5.74, 6) is -0.168. The van der Waals surface area contributed by atoms with E-state index in [1.807, 2.05) is 80.6 Å². The number of hydrogen-bond acceptors (Lipinski definition) is 3. The Morgan fingerprint density at radius 1 is 0.828 bits per heavy atom. The van der Waals surface area contributed by atoms with E-state index in [2.05, 4.69) is 0 Å². The Balaban J connectivity index is 1.82. The quantitative estimate of drug-likeness (QED) is 0.482. The molecule has 142 valence electrons. The molecule has 0 radical (unpaired) electrons. The van der Waals surface area contributed by atoms with Gasteiger partial charge in [0.2, 0.25) is 5.76 Å². The molecule has 3 aromatic carbocycles. The zero-order chi connectivity index (χ0) is 20.1. The Bertz CT molecular complexity index is 1300. The number of aryl methyl sites for hydroxylation is 2. The van der Waals surface area contributed by atoms with Gasteiger partial charge in [0.1, 0.15) is 5.58 Å². The Morgan fingerprint density at radius 2 is 1.52 bits per heavy atom. The van der Waals surface area contributed by atoms with Crippen molar-refractivity contribution in [2.24, 2.45) is 0 Å². The third-order valence-electron chi connectivity index (χ3n) is 5.45. The van der Waals surface area contributed by atoms with Crippen LogP contribution in [0.25, 0.3) is 11.0 Å². The van der Waals surface area contributed by atoms with Crippen LogP contribution in [0.2, 0.25) is 0 Å². The number of anilines is 1. The average molecular weight is 381 g/mol. The monoisotopic (exact) mass is 381 g/mol. The van der Waals surface area contributed by atoms with E-state index in [-0.39, 0.29) is 17.1 Å². The molecule has 0 fully saturated rings. The summed E-state index contributed by atoms with van der Waals surface area (Å²) in [6, 6.07) is 22.3. The lowest BCUT2D eigenvalue weighted by Gasteiger charge is -2.25. The second-order valence-electron chi connectivity index (χ2n) is 7.50. The fourth-order valence-electron chi connectivity index (χ4n) is 4.01. The third kappa shape index (κ3) is 2.68. The summed E-state index contributed by atoms with van der Waals surface area (Å²) in [5.41, 5.74) is 4.37. The van der Waals surface area contributed by atoms with E-state index in [1.54, 1.807) is 11.0 Å². The van der Waals surface area contributed by atoms with Gasteiger partial charge < -0.3 is 4.42 Å². The van der Waals surface area contributed by atoms with E-state index >= 15 is 0 Å². The van der Waals surface area contributed by atoms with Gasteiger partial charge in [0.15, 0.2) is 5.43 Å². The maximum Gasteiger partial charge on any atom is 0.295 e. The van der Waals surface area contributed by atoms with Crippen molar-refractivity contribution in [2.45, 2.75) is 19.9 Å². The molecule has 0 saturated heterocycles. The smallest absolute Gasteiger partial charge is 0.295 e. The fraction of sp³-hybridized carbons (Fsp3) is 0.120. The number of amides is 1. The van der Waals surface area contributed by atoms with Crippen LogP contribution in [-0.2, 0) is 0 Å². The molecule has 0 bridgehead atoms. The first-order chi connectivity index (χ1) is 14.0. The van der Waals surface area contributed by atoms with Crippen LogP contribution in [0, 0.1) is 13.8 Å². The Morgan fingerprint density at radius 3 is 2.24 bits per heavy atom. The van der Waals surface area contributed by atoms with E-state index in [1.165, 1.54) is 0 Å². The maximum absolute atomic E-state index is 13.5. The first-order valence-corrected chi connectivity index (χ1v) is 9.57.